The number of hydrogen-bond acceptors (Lipinski definition) is 3. The number of nitrogens with one attached hydrogen (secondary N) is 1. The minimum absolute atomic E-state index is 0.0338. The Morgan fingerprint density at radius 1 is 0.867 bits per heavy atom. The zero-order chi connectivity index (χ0) is 21.7. The normalized spacial score (nSPS) is 11.2. The highest BCUT2D eigenvalue weighted by atomic mass is 35.5. The van der Waals surface area contributed by atoms with Gasteiger partial charge in [0.1, 0.15) is 6.54 Å². The molecule has 0 aromatic heterocycles. The van der Waals surface area contributed by atoms with Gasteiger partial charge in [0.05, 0.1) is 20.6 Å². The van der Waals surface area contributed by atoms with E-state index in [-0.39, 0.29) is 27.2 Å². The van der Waals surface area contributed by atoms with Gasteiger partial charge in [0.15, 0.2) is 0 Å². The van der Waals surface area contributed by atoms with E-state index >= 15 is 0 Å². The van der Waals surface area contributed by atoms with E-state index in [1.165, 1.54) is 18.2 Å². The zero-order valence-electron chi connectivity index (χ0n) is 15.6. The number of hydrogen-bond donors (Lipinski definition) is 1. The van der Waals surface area contributed by atoms with Gasteiger partial charge in [-0.2, -0.15) is 0 Å². The highest BCUT2D eigenvalue weighted by Crippen LogP contribution is 2.35. The molecule has 0 fully saturated rings. The number of benzene rings is 3. The molecule has 1 amide bonds. The van der Waals surface area contributed by atoms with Crippen molar-refractivity contribution < 1.29 is 13.2 Å². The molecule has 0 bridgehead atoms. The Kier molecular flexibility index (Phi) is 7.26. The first-order chi connectivity index (χ1) is 14.3. The molecule has 3 rings (SSSR count). The fraction of sp³-hybridized carbons (Fsp3) is 0.0952. The smallest absolute Gasteiger partial charge is 0.264 e. The molecule has 0 saturated carbocycles. The number of halogens is 3. The van der Waals surface area contributed by atoms with E-state index in [1.54, 1.807) is 54.6 Å². The standard InChI is InChI=1S/C21H17Cl3N2O3S/c22-16-11-9-15(10-12-16)13-25-20(27)14-26(19-8-4-7-18(23)21(19)24)30(28,29)17-5-2-1-3-6-17/h1-12H,13-14H2,(H,25,27). The summed E-state index contributed by atoms with van der Waals surface area (Å²) in [5.74, 6) is -0.500. The Balaban J connectivity index is 1.89. The second-order valence-corrected chi connectivity index (χ2v) is 9.38. The zero-order valence-corrected chi connectivity index (χ0v) is 18.6. The number of carbonyl (C=O) groups excluding carboxylic acids is 1. The van der Waals surface area contributed by atoms with Gasteiger partial charge < -0.3 is 5.32 Å². The minimum Gasteiger partial charge on any atom is -0.350 e. The molecule has 3 aromatic rings. The van der Waals surface area contributed by atoms with Crippen molar-refractivity contribution in [1.82, 2.24) is 5.32 Å². The predicted octanol–water partition coefficient (Wildman–Crippen LogP) is 5.16. The summed E-state index contributed by atoms with van der Waals surface area (Å²) in [4.78, 5) is 12.7. The van der Waals surface area contributed by atoms with Crippen LogP contribution in [0.2, 0.25) is 15.1 Å². The van der Waals surface area contributed by atoms with Crippen LogP contribution in [-0.2, 0) is 21.4 Å². The summed E-state index contributed by atoms with van der Waals surface area (Å²) in [7, 11) is -4.07. The second kappa shape index (κ2) is 9.71. The SMILES string of the molecule is O=C(CN(c1cccc(Cl)c1Cl)S(=O)(=O)c1ccccc1)NCc1ccc(Cl)cc1. The molecule has 9 heteroatoms. The molecule has 0 atom stereocenters. The Morgan fingerprint density at radius 3 is 2.20 bits per heavy atom. The average Bonchev–Trinajstić information content (AvgIpc) is 2.74. The number of rotatable bonds is 7. The average molecular weight is 484 g/mol. The summed E-state index contributed by atoms with van der Waals surface area (Å²) in [6.45, 7) is -0.247. The van der Waals surface area contributed by atoms with Gasteiger partial charge in [-0.05, 0) is 42.0 Å². The van der Waals surface area contributed by atoms with Crippen molar-refractivity contribution >= 4 is 56.4 Å². The Hall–Kier alpha value is -2.25. The molecule has 0 aliphatic rings. The van der Waals surface area contributed by atoms with Crippen molar-refractivity contribution in [2.24, 2.45) is 0 Å². The Morgan fingerprint density at radius 2 is 1.53 bits per heavy atom. The van der Waals surface area contributed by atoms with E-state index in [2.05, 4.69) is 5.32 Å². The van der Waals surface area contributed by atoms with Gasteiger partial charge in [-0.15, -0.1) is 0 Å². The fourth-order valence-electron chi connectivity index (χ4n) is 2.69. The molecule has 0 unspecified atom stereocenters. The van der Waals surface area contributed by atoms with Gasteiger partial charge in [0, 0.05) is 11.6 Å². The lowest BCUT2D eigenvalue weighted by Crippen LogP contribution is -2.40. The molecule has 1 N–H and O–H groups in total. The van der Waals surface area contributed by atoms with Crippen LogP contribution in [0.3, 0.4) is 0 Å². The van der Waals surface area contributed by atoms with E-state index in [0.29, 0.717) is 5.02 Å². The van der Waals surface area contributed by atoms with E-state index in [4.69, 9.17) is 34.8 Å². The largest absolute Gasteiger partial charge is 0.350 e. The molecule has 0 aliphatic heterocycles. The lowest BCUT2D eigenvalue weighted by molar-refractivity contribution is -0.119. The van der Waals surface area contributed by atoms with Crippen molar-refractivity contribution in [1.29, 1.82) is 0 Å². The monoisotopic (exact) mass is 482 g/mol. The van der Waals surface area contributed by atoms with Crippen molar-refractivity contribution in [2.75, 3.05) is 10.8 Å². The molecular weight excluding hydrogens is 467 g/mol. The maximum absolute atomic E-state index is 13.3. The number of amides is 1. The van der Waals surface area contributed by atoms with Gasteiger partial charge in [-0.1, -0.05) is 71.2 Å². The number of carbonyl (C=O) groups is 1. The summed E-state index contributed by atoms with van der Waals surface area (Å²) in [5, 5.41) is 3.53. The number of nitrogens with zero attached hydrogens (tertiary/aromatic N) is 1. The number of anilines is 1. The predicted molar refractivity (Wildman–Crippen MR) is 121 cm³/mol. The molecule has 0 saturated heterocycles. The van der Waals surface area contributed by atoms with Crippen LogP contribution in [0.1, 0.15) is 5.56 Å². The molecule has 30 heavy (non-hydrogen) atoms. The van der Waals surface area contributed by atoms with E-state index in [1.807, 2.05) is 0 Å². The molecule has 156 valence electrons. The third-order valence-electron chi connectivity index (χ3n) is 4.22. The molecule has 0 spiro atoms. The fourth-order valence-corrected chi connectivity index (χ4v) is 4.72. The lowest BCUT2D eigenvalue weighted by atomic mass is 10.2. The van der Waals surface area contributed by atoms with Gasteiger partial charge >= 0.3 is 0 Å². The quantitative estimate of drug-likeness (QED) is 0.505. The Labute approximate surface area is 190 Å². The van der Waals surface area contributed by atoms with Gasteiger partial charge in [-0.3, -0.25) is 9.10 Å². The van der Waals surface area contributed by atoms with Gasteiger partial charge in [0.2, 0.25) is 5.91 Å². The van der Waals surface area contributed by atoms with Crippen molar-refractivity contribution in [3.63, 3.8) is 0 Å². The molecule has 0 aliphatic carbocycles. The molecule has 0 heterocycles. The third-order valence-corrected chi connectivity index (χ3v) is 7.06. The first kappa shape index (κ1) is 22.4. The highest BCUT2D eigenvalue weighted by molar-refractivity contribution is 7.92. The van der Waals surface area contributed by atoms with Gasteiger partial charge in [-0.25, -0.2) is 8.42 Å². The van der Waals surface area contributed by atoms with E-state index in [0.717, 1.165) is 9.87 Å². The summed E-state index contributed by atoms with van der Waals surface area (Å²) < 4.78 is 27.5. The van der Waals surface area contributed by atoms with Crippen LogP contribution in [0.5, 0.6) is 0 Å². The van der Waals surface area contributed by atoms with Crippen molar-refractivity contribution in [3.8, 4) is 0 Å². The van der Waals surface area contributed by atoms with Crippen LogP contribution in [0, 0.1) is 0 Å². The highest BCUT2D eigenvalue weighted by Gasteiger charge is 2.29. The van der Waals surface area contributed by atoms with Crippen molar-refractivity contribution in [2.45, 2.75) is 11.4 Å². The molecular formula is C21H17Cl3N2O3S. The maximum Gasteiger partial charge on any atom is 0.264 e. The second-order valence-electron chi connectivity index (χ2n) is 6.30. The van der Waals surface area contributed by atoms with E-state index in [9.17, 15) is 13.2 Å². The van der Waals surface area contributed by atoms with Gasteiger partial charge in [0.25, 0.3) is 10.0 Å². The lowest BCUT2D eigenvalue weighted by Gasteiger charge is -2.25. The Bertz CT molecular complexity index is 1140. The van der Waals surface area contributed by atoms with Crippen LogP contribution < -0.4 is 9.62 Å². The van der Waals surface area contributed by atoms with E-state index < -0.39 is 22.5 Å². The summed E-state index contributed by atoms with van der Waals surface area (Å²) in [6.07, 6.45) is 0. The van der Waals surface area contributed by atoms with Crippen LogP contribution in [0.4, 0.5) is 5.69 Å². The van der Waals surface area contributed by atoms with Crippen LogP contribution in [0.25, 0.3) is 0 Å². The minimum atomic E-state index is -4.07. The summed E-state index contributed by atoms with van der Waals surface area (Å²) >= 11 is 18.2. The number of sulfonamides is 1. The maximum atomic E-state index is 13.3. The summed E-state index contributed by atoms with van der Waals surface area (Å²) in [6, 6.07) is 19.4. The molecule has 5 nitrogen and oxygen atoms in total. The van der Waals surface area contributed by atoms with Crippen LogP contribution in [0.15, 0.2) is 77.7 Å². The topological polar surface area (TPSA) is 66.5 Å². The third kappa shape index (κ3) is 5.26. The van der Waals surface area contributed by atoms with Crippen molar-refractivity contribution in [3.05, 3.63) is 93.4 Å². The first-order valence-corrected chi connectivity index (χ1v) is 11.4. The first-order valence-electron chi connectivity index (χ1n) is 8.82. The van der Waals surface area contributed by atoms with Crippen LogP contribution in [-0.4, -0.2) is 20.9 Å². The molecule has 3 aromatic carbocycles. The van der Waals surface area contributed by atoms with Crippen LogP contribution >= 0.6 is 34.8 Å². The summed E-state index contributed by atoms with van der Waals surface area (Å²) in [5.41, 5.74) is 0.945. The molecule has 0 radical (unpaired) electrons.